The molecule has 1 aliphatic rings. The molecule has 5 nitrogen and oxygen atoms in total. The minimum Gasteiger partial charge on any atom is -0.489 e. The van der Waals surface area contributed by atoms with E-state index < -0.39 is 11.9 Å². The SMILES string of the molecule is Cc1cccc(COc2cccc(CCN3CC(C(=O)O)CC3=O)c2)c1. The molecule has 0 radical (unpaired) electrons. The number of hydrogen-bond acceptors (Lipinski definition) is 3. The van der Waals surface area contributed by atoms with E-state index in [-0.39, 0.29) is 12.3 Å². The van der Waals surface area contributed by atoms with Crippen LogP contribution in [0.2, 0.25) is 0 Å². The van der Waals surface area contributed by atoms with Gasteiger partial charge >= 0.3 is 5.97 Å². The number of aryl methyl sites for hydroxylation is 1. The average molecular weight is 353 g/mol. The highest BCUT2D eigenvalue weighted by Gasteiger charge is 2.33. The maximum Gasteiger partial charge on any atom is 0.308 e. The first-order chi connectivity index (χ1) is 12.5. The van der Waals surface area contributed by atoms with E-state index >= 15 is 0 Å². The fraction of sp³-hybridized carbons (Fsp3) is 0.333. The third-order valence-corrected chi connectivity index (χ3v) is 4.62. The van der Waals surface area contributed by atoms with Gasteiger partial charge in [-0.3, -0.25) is 9.59 Å². The molecule has 1 aliphatic heterocycles. The lowest BCUT2D eigenvalue weighted by Gasteiger charge is -2.16. The molecule has 1 N–H and O–H groups in total. The molecule has 3 rings (SSSR count). The maximum absolute atomic E-state index is 11.9. The van der Waals surface area contributed by atoms with Crippen LogP contribution in [0.3, 0.4) is 0 Å². The third kappa shape index (κ3) is 4.63. The van der Waals surface area contributed by atoms with E-state index in [1.54, 1.807) is 4.90 Å². The fourth-order valence-electron chi connectivity index (χ4n) is 3.18. The van der Waals surface area contributed by atoms with Gasteiger partial charge in [-0.05, 0) is 36.6 Å². The molecule has 0 aromatic heterocycles. The number of carbonyl (C=O) groups is 2. The number of carboxylic acids is 1. The molecular formula is C21H23NO4. The van der Waals surface area contributed by atoms with Crippen molar-refractivity contribution >= 4 is 11.9 Å². The van der Waals surface area contributed by atoms with Gasteiger partial charge in [0.25, 0.3) is 0 Å². The summed E-state index contributed by atoms with van der Waals surface area (Å²) in [5.41, 5.74) is 3.39. The van der Waals surface area contributed by atoms with Crippen LogP contribution in [0.4, 0.5) is 0 Å². The predicted octanol–water partition coefficient (Wildman–Crippen LogP) is 3.05. The molecule has 1 atom stereocenters. The number of carbonyl (C=O) groups excluding carboxylic acids is 1. The van der Waals surface area contributed by atoms with Gasteiger partial charge in [0, 0.05) is 19.5 Å². The number of aliphatic carboxylic acids is 1. The van der Waals surface area contributed by atoms with Gasteiger partial charge in [-0.1, -0.05) is 42.0 Å². The number of ether oxygens (including phenoxy) is 1. The van der Waals surface area contributed by atoms with Crippen LogP contribution < -0.4 is 4.74 Å². The van der Waals surface area contributed by atoms with Gasteiger partial charge in [-0.2, -0.15) is 0 Å². The second kappa shape index (κ2) is 8.04. The van der Waals surface area contributed by atoms with Gasteiger partial charge in [-0.25, -0.2) is 0 Å². The topological polar surface area (TPSA) is 66.8 Å². The minimum absolute atomic E-state index is 0.0794. The molecular weight excluding hydrogens is 330 g/mol. The van der Waals surface area contributed by atoms with Crippen molar-refractivity contribution in [3.63, 3.8) is 0 Å². The van der Waals surface area contributed by atoms with Crippen LogP contribution in [0.15, 0.2) is 48.5 Å². The summed E-state index contributed by atoms with van der Waals surface area (Å²) in [5.74, 6) is -0.761. The third-order valence-electron chi connectivity index (χ3n) is 4.62. The summed E-state index contributed by atoms with van der Waals surface area (Å²) in [5, 5.41) is 9.05. The van der Waals surface area contributed by atoms with Gasteiger partial charge in [0.15, 0.2) is 0 Å². The van der Waals surface area contributed by atoms with Crippen molar-refractivity contribution in [2.75, 3.05) is 13.1 Å². The van der Waals surface area contributed by atoms with E-state index in [9.17, 15) is 9.59 Å². The Morgan fingerprint density at radius 1 is 1.19 bits per heavy atom. The average Bonchev–Trinajstić information content (AvgIpc) is 3.00. The van der Waals surface area contributed by atoms with Crippen molar-refractivity contribution in [1.29, 1.82) is 0 Å². The minimum atomic E-state index is -0.896. The highest BCUT2D eigenvalue weighted by molar-refractivity contribution is 5.86. The van der Waals surface area contributed by atoms with Crippen molar-refractivity contribution in [1.82, 2.24) is 4.90 Å². The lowest BCUT2D eigenvalue weighted by molar-refractivity contribution is -0.141. The first kappa shape index (κ1) is 18.0. The van der Waals surface area contributed by atoms with Crippen molar-refractivity contribution in [3.8, 4) is 5.75 Å². The van der Waals surface area contributed by atoms with Crippen LogP contribution in [0.25, 0.3) is 0 Å². The van der Waals surface area contributed by atoms with Crippen LogP contribution >= 0.6 is 0 Å². The molecule has 0 aliphatic carbocycles. The highest BCUT2D eigenvalue weighted by atomic mass is 16.5. The smallest absolute Gasteiger partial charge is 0.308 e. The molecule has 1 unspecified atom stereocenters. The highest BCUT2D eigenvalue weighted by Crippen LogP contribution is 2.20. The van der Waals surface area contributed by atoms with Crippen LogP contribution in [0, 0.1) is 12.8 Å². The second-order valence-corrected chi connectivity index (χ2v) is 6.75. The Kier molecular flexibility index (Phi) is 5.56. The predicted molar refractivity (Wildman–Crippen MR) is 98.0 cm³/mol. The molecule has 2 aromatic carbocycles. The molecule has 0 spiro atoms. The molecule has 26 heavy (non-hydrogen) atoms. The van der Waals surface area contributed by atoms with Crippen molar-refractivity contribution in [2.45, 2.75) is 26.4 Å². The van der Waals surface area contributed by atoms with E-state index in [1.807, 2.05) is 36.4 Å². The summed E-state index contributed by atoms with van der Waals surface area (Å²) in [7, 11) is 0. The van der Waals surface area contributed by atoms with Crippen molar-refractivity contribution < 1.29 is 19.4 Å². The van der Waals surface area contributed by atoms with Gasteiger partial charge in [0.1, 0.15) is 12.4 Å². The standard InChI is InChI=1S/C21H23NO4/c1-15-4-2-6-17(10-15)14-26-19-7-3-5-16(11-19)8-9-22-13-18(21(24)25)12-20(22)23/h2-7,10-11,18H,8-9,12-14H2,1H3,(H,24,25). The van der Waals surface area contributed by atoms with E-state index in [4.69, 9.17) is 9.84 Å². The Bertz CT molecular complexity index is 802. The number of benzene rings is 2. The lowest BCUT2D eigenvalue weighted by atomic mass is 10.1. The fourth-order valence-corrected chi connectivity index (χ4v) is 3.18. The van der Waals surface area contributed by atoms with Crippen molar-refractivity contribution in [2.24, 2.45) is 5.92 Å². The Morgan fingerprint density at radius 2 is 1.96 bits per heavy atom. The van der Waals surface area contributed by atoms with E-state index in [2.05, 4.69) is 19.1 Å². The Labute approximate surface area is 153 Å². The summed E-state index contributed by atoms with van der Waals surface area (Å²) >= 11 is 0. The molecule has 1 amide bonds. The zero-order chi connectivity index (χ0) is 18.5. The van der Waals surface area contributed by atoms with Gasteiger partial charge in [0.2, 0.25) is 5.91 Å². The summed E-state index contributed by atoms with van der Waals surface area (Å²) in [6, 6.07) is 16.0. The number of hydrogen-bond donors (Lipinski definition) is 1. The monoisotopic (exact) mass is 353 g/mol. The molecule has 2 aromatic rings. The quantitative estimate of drug-likeness (QED) is 0.831. The number of amides is 1. The van der Waals surface area contributed by atoms with Crippen LogP contribution in [0.1, 0.15) is 23.1 Å². The number of likely N-dealkylation sites (tertiary alicyclic amines) is 1. The summed E-state index contributed by atoms with van der Waals surface area (Å²) < 4.78 is 5.87. The Balaban J connectivity index is 1.54. The summed E-state index contributed by atoms with van der Waals surface area (Å²) in [6.07, 6.45) is 0.786. The maximum atomic E-state index is 11.9. The van der Waals surface area contributed by atoms with Crippen LogP contribution in [-0.4, -0.2) is 35.0 Å². The number of carboxylic acid groups (broad SMARTS) is 1. The normalized spacial score (nSPS) is 16.7. The van der Waals surface area contributed by atoms with Gasteiger partial charge < -0.3 is 14.7 Å². The first-order valence-electron chi connectivity index (χ1n) is 8.79. The molecule has 0 bridgehead atoms. The molecule has 1 fully saturated rings. The second-order valence-electron chi connectivity index (χ2n) is 6.75. The van der Waals surface area contributed by atoms with E-state index in [1.165, 1.54) is 5.56 Å². The molecule has 136 valence electrons. The van der Waals surface area contributed by atoms with E-state index in [0.717, 1.165) is 16.9 Å². The number of nitrogens with zero attached hydrogens (tertiary/aromatic N) is 1. The van der Waals surface area contributed by atoms with Crippen LogP contribution in [0.5, 0.6) is 5.75 Å². The number of rotatable bonds is 7. The molecule has 0 saturated carbocycles. The van der Waals surface area contributed by atoms with Gasteiger partial charge in [-0.15, -0.1) is 0 Å². The Morgan fingerprint density at radius 3 is 2.69 bits per heavy atom. The molecule has 1 saturated heterocycles. The van der Waals surface area contributed by atoms with Crippen molar-refractivity contribution in [3.05, 3.63) is 65.2 Å². The Hall–Kier alpha value is -2.82. The zero-order valence-corrected chi connectivity index (χ0v) is 14.9. The summed E-state index contributed by atoms with van der Waals surface area (Å²) in [4.78, 5) is 24.6. The lowest BCUT2D eigenvalue weighted by Crippen LogP contribution is -2.28. The van der Waals surface area contributed by atoms with Crippen LogP contribution in [-0.2, 0) is 22.6 Å². The summed E-state index contributed by atoms with van der Waals surface area (Å²) in [6.45, 7) is 3.40. The zero-order valence-electron chi connectivity index (χ0n) is 14.9. The molecule has 5 heteroatoms. The largest absolute Gasteiger partial charge is 0.489 e. The van der Waals surface area contributed by atoms with E-state index in [0.29, 0.717) is 26.1 Å². The first-order valence-corrected chi connectivity index (χ1v) is 8.79. The molecule has 1 heterocycles. The van der Waals surface area contributed by atoms with Gasteiger partial charge in [0.05, 0.1) is 5.92 Å².